The van der Waals surface area contributed by atoms with Crippen LogP contribution in [0.5, 0.6) is 0 Å². The molecule has 2 N–H and O–H groups in total. The Labute approximate surface area is 166 Å². The van der Waals surface area contributed by atoms with Crippen molar-refractivity contribution in [3.05, 3.63) is 29.8 Å². The molecule has 0 bridgehead atoms. The normalized spacial score (nSPS) is 15.9. The van der Waals surface area contributed by atoms with Crippen molar-refractivity contribution in [1.29, 1.82) is 0 Å². The van der Waals surface area contributed by atoms with E-state index >= 15 is 0 Å². The number of benzene rings is 1. The van der Waals surface area contributed by atoms with Gasteiger partial charge >= 0.3 is 0 Å². The predicted octanol–water partition coefficient (Wildman–Crippen LogP) is 5.89. The number of anilines is 1. The largest absolute Gasteiger partial charge is 0.385 e. The van der Waals surface area contributed by atoms with Crippen LogP contribution in [0.3, 0.4) is 0 Å². The molecule has 2 amide bonds. The summed E-state index contributed by atoms with van der Waals surface area (Å²) < 4.78 is 0. The summed E-state index contributed by atoms with van der Waals surface area (Å²) in [5.41, 5.74) is 2.03. The van der Waals surface area contributed by atoms with E-state index in [0.29, 0.717) is 18.8 Å². The number of unbranched alkanes of at least 4 members (excludes halogenated alkanes) is 2. The molecule has 1 aliphatic rings. The van der Waals surface area contributed by atoms with E-state index in [-0.39, 0.29) is 17.7 Å². The van der Waals surface area contributed by atoms with E-state index in [0.717, 1.165) is 17.8 Å². The third-order valence-electron chi connectivity index (χ3n) is 3.97. The molecule has 0 radical (unpaired) electrons. The fraction of sp³-hybridized carbons (Fsp3) is 0.652. The van der Waals surface area contributed by atoms with Crippen molar-refractivity contribution >= 4 is 17.5 Å². The van der Waals surface area contributed by atoms with Crippen molar-refractivity contribution in [2.45, 2.75) is 86.0 Å². The first-order valence-corrected chi connectivity index (χ1v) is 10.6. The van der Waals surface area contributed by atoms with Crippen LogP contribution in [0.25, 0.3) is 0 Å². The van der Waals surface area contributed by atoms with E-state index in [2.05, 4.69) is 52.2 Å². The van der Waals surface area contributed by atoms with Crippen molar-refractivity contribution < 1.29 is 9.59 Å². The molecular formula is C23H40N2O2. The third-order valence-corrected chi connectivity index (χ3v) is 3.97. The van der Waals surface area contributed by atoms with Gasteiger partial charge in [-0.1, -0.05) is 79.4 Å². The number of carbonyl (C=O) groups excluding carboxylic acids is 2. The second-order valence-corrected chi connectivity index (χ2v) is 7.46. The van der Waals surface area contributed by atoms with Crippen LogP contribution in [0.1, 0.15) is 91.5 Å². The number of nitrogens with one attached hydrogen (secondary N) is 2. The summed E-state index contributed by atoms with van der Waals surface area (Å²) in [4.78, 5) is 22.9. The van der Waals surface area contributed by atoms with Crippen molar-refractivity contribution in [3.8, 4) is 0 Å². The molecule has 4 nitrogen and oxygen atoms in total. The summed E-state index contributed by atoms with van der Waals surface area (Å²) in [5.74, 6) is 0.0438. The number of rotatable bonds is 6. The molecule has 4 heteroatoms. The molecule has 0 saturated carbocycles. The molecule has 1 atom stereocenters. The minimum atomic E-state index is -0.197. The van der Waals surface area contributed by atoms with E-state index in [1.54, 1.807) is 0 Å². The molecule has 0 spiro atoms. The van der Waals surface area contributed by atoms with Gasteiger partial charge in [0.2, 0.25) is 11.8 Å². The summed E-state index contributed by atoms with van der Waals surface area (Å²) in [5, 5.41) is 5.73. The van der Waals surface area contributed by atoms with Gasteiger partial charge in [0.25, 0.3) is 0 Å². The first-order chi connectivity index (χ1) is 12.9. The number of imide groups is 1. The van der Waals surface area contributed by atoms with Crippen LogP contribution in [-0.4, -0.2) is 18.4 Å². The van der Waals surface area contributed by atoms with E-state index < -0.39 is 0 Å². The van der Waals surface area contributed by atoms with Crippen molar-refractivity contribution in [2.24, 2.45) is 5.92 Å². The number of piperidine rings is 1. The zero-order valence-corrected chi connectivity index (χ0v) is 18.2. The third kappa shape index (κ3) is 11.5. The molecule has 1 unspecified atom stereocenters. The number of hydrogen-bond donors (Lipinski definition) is 2. The Kier molecular flexibility index (Phi) is 14.2. The minimum absolute atomic E-state index is 0.170. The van der Waals surface area contributed by atoms with Crippen molar-refractivity contribution in [2.75, 3.05) is 11.9 Å². The van der Waals surface area contributed by atoms with Gasteiger partial charge in [0.05, 0.1) is 5.92 Å². The smallest absolute Gasteiger partial charge is 0.234 e. The van der Waals surface area contributed by atoms with Crippen LogP contribution in [0.15, 0.2) is 24.3 Å². The molecule has 1 fully saturated rings. The monoisotopic (exact) mass is 376 g/mol. The van der Waals surface area contributed by atoms with Gasteiger partial charge in [0.15, 0.2) is 0 Å². The maximum atomic E-state index is 11.8. The second-order valence-electron chi connectivity index (χ2n) is 7.46. The highest BCUT2D eigenvalue weighted by atomic mass is 16.2. The molecule has 1 saturated heterocycles. The molecule has 2 rings (SSSR count). The van der Waals surface area contributed by atoms with Crippen LogP contribution < -0.4 is 10.6 Å². The zero-order chi connectivity index (χ0) is 20.7. The van der Waals surface area contributed by atoms with Crippen LogP contribution in [0.2, 0.25) is 0 Å². The standard InChI is InChI=1S/C15H20N2O2.C5H12.C3H8/c1-10(2)9-16-12-5-3-11(4-6-12)13-7-8-14(18)17-15(13)19;1-3-5-4-2;1-3-2/h3-6,10,13,16H,7-9H2,1-2H3,(H,17,18,19);3-5H2,1-2H3;3H2,1-2H3. The Hall–Kier alpha value is -1.84. The number of carbonyl (C=O) groups is 2. The van der Waals surface area contributed by atoms with Crippen LogP contribution in [-0.2, 0) is 9.59 Å². The van der Waals surface area contributed by atoms with Gasteiger partial charge in [-0.25, -0.2) is 0 Å². The van der Waals surface area contributed by atoms with Gasteiger partial charge in [0.1, 0.15) is 0 Å². The molecule has 0 aromatic heterocycles. The average Bonchev–Trinajstić information content (AvgIpc) is 2.62. The Balaban J connectivity index is 0.000000719. The summed E-state index contributed by atoms with van der Waals surface area (Å²) in [6.45, 7) is 13.9. The molecule has 1 aromatic rings. The average molecular weight is 377 g/mol. The topological polar surface area (TPSA) is 58.2 Å². The van der Waals surface area contributed by atoms with E-state index in [1.807, 2.05) is 24.3 Å². The quantitative estimate of drug-likeness (QED) is 0.609. The highest BCUT2D eigenvalue weighted by Gasteiger charge is 2.27. The molecule has 154 valence electrons. The summed E-state index contributed by atoms with van der Waals surface area (Å²) in [6.07, 6.45) is 6.35. The van der Waals surface area contributed by atoms with Gasteiger partial charge < -0.3 is 5.32 Å². The summed E-state index contributed by atoms with van der Waals surface area (Å²) in [6, 6.07) is 7.90. The maximum Gasteiger partial charge on any atom is 0.234 e. The molecule has 27 heavy (non-hydrogen) atoms. The fourth-order valence-corrected chi connectivity index (χ4v) is 2.52. The first kappa shape index (κ1) is 25.2. The van der Waals surface area contributed by atoms with E-state index in [9.17, 15) is 9.59 Å². The Morgan fingerprint density at radius 1 is 1.04 bits per heavy atom. The summed E-state index contributed by atoms with van der Waals surface area (Å²) >= 11 is 0. The van der Waals surface area contributed by atoms with Crippen LogP contribution in [0.4, 0.5) is 5.69 Å². The van der Waals surface area contributed by atoms with Crippen molar-refractivity contribution in [1.82, 2.24) is 5.32 Å². The lowest BCUT2D eigenvalue weighted by Crippen LogP contribution is -2.39. The lowest BCUT2D eigenvalue weighted by Gasteiger charge is -2.21. The lowest BCUT2D eigenvalue weighted by atomic mass is 9.90. The van der Waals surface area contributed by atoms with Gasteiger partial charge in [-0.2, -0.15) is 0 Å². The second kappa shape index (κ2) is 15.2. The molecule has 0 aliphatic carbocycles. The predicted molar refractivity (Wildman–Crippen MR) is 116 cm³/mol. The number of amides is 2. The molecule has 1 aliphatic heterocycles. The Morgan fingerprint density at radius 2 is 1.59 bits per heavy atom. The molecule has 1 heterocycles. The Morgan fingerprint density at radius 3 is 2.00 bits per heavy atom. The van der Waals surface area contributed by atoms with Gasteiger partial charge in [-0.15, -0.1) is 0 Å². The van der Waals surface area contributed by atoms with Crippen LogP contribution in [0, 0.1) is 5.92 Å². The minimum Gasteiger partial charge on any atom is -0.385 e. The maximum absolute atomic E-state index is 11.8. The van der Waals surface area contributed by atoms with Gasteiger partial charge in [-0.05, 0) is 30.0 Å². The molecule has 1 aromatic carbocycles. The van der Waals surface area contributed by atoms with E-state index in [1.165, 1.54) is 25.7 Å². The zero-order valence-electron chi connectivity index (χ0n) is 18.2. The Bertz CT molecular complexity index is 522. The fourth-order valence-electron chi connectivity index (χ4n) is 2.52. The first-order valence-electron chi connectivity index (χ1n) is 10.6. The highest BCUT2D eigenvalue weighted by Crippen LogP contribution is 2.25. The SMILES string of the molecule is CC(C)CNc1ccc(C2CCC(=O)NC2=O)cc1.CCC.CCCCC. The van der Waals surface area contributed by atoms with Crippen molar-refractivity contribution in [3.63, 3.8) is 0 Å². The highest BCUT2D eigenvalue weighted by molar-refractivity contribution is 6.00. The summed E-state index contributed by atoms with van der Waals surface area (Å²) in [7, 11) is 0. The van der Waals surface area contributed by atoms with Gasteiger partial charge in [-0.3, -0.25) is 14.9 Å². The van der Waals surface area contributed by atoms with Crippen LogP contribution >= 0.6 is 0 Å². The molecular weight excluding hydrogens is 336 g/mol. The van der Waals surface area contributed by atoms with Gasteiger partial charge in [0, 0.05) is 18.7 Å². The lowest BCUT2D eigenvalue weighted by molar-refractivity contribution is -0.134. The van der Waals surface area contributed by atoms with E-state index in [4.69, 9.17) is 0 Å². The number of hydrogen-bond acceptors (Lipinski definition) is 3.